The lowest BCUT2D eigenvalue weighted by Crippen LogP contribution is -2.45. The van der Waals surface area contributed by atoms with E-state index in [4.69, 9.17) is 0 Å². The Labute approximate surface area is 167 Å². The van der Waals surface area contributed by atoms with Crippen LogP contribution in [0.15, 0.2) is 72.1 Å². The number of nitrogens with one attached hydrogen (secondary N) is 1. The Bertz CT molecular complexity index is 1000. The minimum absolute atomic E-state index is 0.0270. The maximum atomic E-state index is 13.1. The summed E-state index contributed by atoms with van der Waals surface area (Å²) in [7, 11) is 0. The summed E-state index contributed by atoms with van der Waals surface area (Å²) in [5, 5.41) is 3.21. The lowest BCUT2D eigenvalue weighted by molar-refractivity contribution is -0.121. The molecule has 7 heteroatoms. The average molecular weight is 392 g/mol. The van der Waals surface area contributed by atoms with E-state index < -0.39 is 0 Å². The predicted molar refractivity (Wildman–Crippen MR) is 111 cm³/mol. The second-order valence-corrected chi connectivity index (χ2v) is 7.88. The number of aromatic nitrogens is 2. The molecule has 1 N–H and O–H groups in total. The van der Waals surface area contributed by atoms with Crippen LogP contribution in [0.3, 0.4) is 0 Å². The summed E-state index contributed by atoms with van der Waals surface area (Å²) in [5.41, 5.74) is 2.56. The Kier molecular flexibility index (Phi) is 5.16. The molecule has 142 valence electrons. The molecule has 2 aromatic carbocycles. The van der Waals surface area contributed by atoms with Crippen molar-refractivity contribution < 1.29 is 9.59 Å². The standard InChI is InChI=1S/C21H20N4O2S/c1-15(20(27)25-14-19(26)23-17-9-5-6-10-18(17)25)28-21-22-11-12-24(21)13-16-7-3-2-4-8-16/h2-12,15H,13-14H2,1H3,(H,23,26)/t15-/m1/s1. The smallest absolute Gasteiger partial charge is 0.244 e. The normalized spacial score (nSPS) is 14.3. The van der Waals surface area contributed by atoms with Crippen molar-refractivity contribution in [1.82, 2.24) is 9.55 Å². The van der Waals surface area contributed by atoms with E-state index in [0.717, 1.165) is 10.8 Å². The van der Waals surface area contributed by atoms with Crippen LogP contribution in [0.2, 0.25) is 0 Å². The molecule has 28 heavy (non-hydrogen) atoms. The third kappa shape index (κ3) is 3.80. The molecular formula is C21H20N4O2S. The van der Waals surface area contributed by atoms with E-state index in [1.807, 2.05) is 54.1 Å². The molecule has 0 unspecified atom stereocenters. The first-order valence-electron chi connectivity index (χ1n) is 9.04. The Morgan fingerprint density at radius 2 is 1.93 bits per heavy atom. The molecule has 0 saturated heterocycles. The highest BCUT2D eigenvalue weighted by molar-refractivity contribution is 8.00. The summed E-state index contributed by atoms with van der Waals surface area (Å²) in [6.07, 6.45) is 3.66. The molecular weight excluding hydrogens is 372 g/mol. The zero-order chi connectivity index (χ0) is 19.5. The second-order valence-electron chi connectivity index (χ2n) is 6.57. The quantitative estimate of drug-likeness (QED) is 0.676. The van der Waals surface area contributed by atoms with Crippen LogP contribution in [-0.4, -0.2) is 33.2 Å². The van der Waals surface area contributed by atoms with Gasteiger partial charge in [0.15, 0.2) is 5.16 Å². The number of fused-ring (bicyclic) bond motifs is 1. The number of benzene rings is 2. The first-order valence-corrected chi connectivity index (χ1v) is 9.92. The molecule has 2 heterocycles. The van der Waals surface area contributed by atoms with E-state index in [-0.39, 0.29) is 23.6 Å². The van der Waals surface area contributed by atoms with Crippen LogP contribution in [0.1, 0.15) is 12.5 Å². The van der Waals surface area contributed by atoms with Crippen molar-refractivity contribution in [1.29, 1.82) is 0 Å². The van der Waals surface area contributed by atoms with Crippen molar-refractivity contribution in [3.63, 3.8) is 0 Å². The number of carbonyl (C=O) groups is 2. The number of carbonyl (C=O) groups excluding carboxylic acids is 2. The SMILES string of the molecule is C[C@@H](Sc1nccn1Cc1ccccc1)C(=O)N1CC(=O)Nc2ccccc21. The number of thioether (sulfide) groups is 1. The van der Waals surface area contributed by atoms with Gasteiger partial charge in [-0.1, -0.05) is 54.2 Å². The van der Waals surface area contributed by atoms with E-state index in [2.05, 4.69) is 22.4 Å². The molecule has 0 aliphatic carbocycles. The van der Waals surface area contributed by atoms with Gasteiger partial charge < -0.3 is 9.88 Å². The van der Waals surface area contributed by atoms with Crippen molar-refractivity contribution in [2.24, 2.45) is 0 Å². The number of hydrogen-bond donors (Lipinski definition) is 1. The van der Waals surface area contributed by atoms with Crippen molar-refractivity contribution in [3.8, 4) is 0 Å². The van der Waals surface area contributed by atoms with Gasteiger partial charge in [0, 0.05) is 18.9 Å². The number of nitrogens with zero attached hydrogens (tertiary/aromatic N) is 3. The molecule has 0 radical (unpaired) electrons. The highest BCUT2D eigenvalue weighted by atomic mass is 32.2. The van der Waals surface area contributed by atoms with Gasteiger partial charge in [0.2, 0.25) is 11.8 Å². The molecule has 1 aromatic heterocycles. The third-order valence-corrected chi connectivity index (χ3v) is 5.65. The monoisotopic (exact) mass is 392 g/mol. The third-order valence-electron chi connectivity index (χ3n) is 4.54. The first kappa shape index (κ1) is 18.3. The van der Waals surface area contributed by atoms with E-state index in [1.54, 1.807) is 17.2 Å². The summed E-state index contributed by atoms with van der Waals surface area (Å²) in [6, 6.07) is 17.5. The number of hydrogen-bond acceptors (Lipinski definition) is 4. The fraction of sp³-hybridized carbons (Fsp3) is 0.190. The number of rotatable bonds is 5. The molecule has 2 amide bonds. The number of amides is 2. The van der Waals surface area contributed by atoms with Gasteiger partial charge in [0.1, 0.15) is 6.54 Å². The van der Waals surface area contributed by atoms with Crippen LogP contribution < -0.4 is 10.2 Å². The summed E-state index contributed by atoms with van der Waals surface area (Å²) >= 11 is 1.40. The predicted octanol–water partition coefficient (Wildman–Crippen LogP) is 3.40. The molecule has 0 saturated carbocycles. The van der Waals surface area contributed by atoms with E-state index in [9.17, 15) is 9.59 Å². The van der Waals surface area contributed by atoms with Crippen LogP contribution in [-0.2, 0) is 16.1 Å². The van der Waals surface area contributed by atoms with Crippen LogP contribution >= 0.6 is 11.8 Å². The molecule has 3 aromatic rings. The van der Waals surface area contributed by atoms with Gasteiger partial charge >= 0.3 is 0 Å². The summed E-state index contributed by atoms with van der Waals surface area (Å²) in [5.74, 6) is -0.295. The van der Waals surface area contributed by atoms with Gasteiger partial charge in [-0.05, 0) is 24.6 Å². The fourth-order valence-electron chi connectivity index (χ4n) is 3.17. The first-order chi connectivity index (χ1) is 13.6. The zero-order valence-electron chi connectivity index (χ0n) is 15.4. The Morgan fingerprint density at radius 3 is 2.75 bits per heavy atom. The van der Waals surface area contributed by atoms with Crippen LogP contribution in [0, 0.1) is 0 Å². The highest BCUT2D eigenvalue weighted by Crippen LogP contribution is 2.32. The summed E-state index contributed by atoms with van der Waals surface area (Å²) in [4.78, 5) is 31.1. The number of anilines is 2. The van der Waals surface area contributed by atoms with Gasteiger partial charge in [-0.25, -0.2) is 4.98 Å². The van der Waals surface area contributed by atoms with E-state index in [0.29, 0.717) is 12.2 Å². The zero-order valence-corrected chi connectivity index (χ0v) is 16.2. The van der Waals surface area contributed by atoms with E-state index >= 15 is 0 Å². The Morgan fingerprint density at radius 1 is 1.18 bits per heavy atom. The molecule has 4 rings (SSSR count). The topological polar surface area (TPSA) is 67.2 Å². The highest BCUT2D eigenvalue weighted by Gasteiger charge is 2.30. The van der Waals surface area contributed by atoms with Gasteiger partial charge in [0.25, 0.3) is 0 Å². The van der Waals surface area contributed by atoms with Gasteiger partial charge in [-0.2, -0.15) is 0 Å². The molecule has 1 aliphatic heterocycles. The molecule has 1 aliphatic rings. The van der Waals surface area contributed by atoms with Gasteiger partial charge in [-0.3, -0.25) is 14.5 Å². The fourth-order valence-corrected chi connectivity index (χ4v) is 4.10. The van der Waals surface area contributed by atoms with E-state index in [1.165, 1.54) is 17.3 Å². The molecule has 0 fully saturated rings. The van der Waals surface area contributed by atoms with Gasteiger partial charge in [-0.15, -0.1) is 0 Å². The summed E-state index contributed by atoms with van der Waals surface area (Å²) in [6.45, 7) is 2.57. The Hall–Kier alpha value is -3.06. The molecule has 0 bridgehead atoms. The van der Waals surface area contributed by atoms with Crippen molar-refractivity contribution in [2.45, 2.75) is 23.9 Å². The number of imidazole rings is 1. The molecule has 6 nitrogen and oxygen atoms in total. The molecule has 0 spiro atoms. The largest absolute Gasteiger partial charge is 0.323 e. The lowest BCUT2D eigenvalue weighted by Gasteiger charge is -2.30. The average Bonchev–Trinajstić information content (AvgIpc) is 3.14. The van der Waals surface area contributed by atoms with Gasteiger partial charge in [0.05, 0.1) is 16.6 Å². The minimum Gasteiger partial charge on any atom is -0.323 e. The second kappa shape index (κ2) is 7.90. The lowest BCUT2D eigenvalue weighted by atomic mass is 10.2. The Balaban J connectivity index is 1.51. The maximum Gasteiger partial charge on any atom is 0.244 e. The summed E-state index contributed by atoms with van der Waals surface area (Å²) < 4.78 is 2.03. The van der Waals surface area contributed by atoms with Crippen LogP contribution in [0.5, 0.6) is 0 Å². The number of para-hydroxylation sites is 2. The van der Waals surface area contributed by atoms with Crippen molar-refractivity contribution >= 4 is 35.0 Å². The van der Waals surface area contributed by atoms with Crippen LogP contribution in [0.4, 0.5) is 11.4 Å². The minimum atomic E-state index is -0.379. The molecule has 1 atom stereocenters. The van der Waals surface area contributed by atoms with Crippen LogP contribution in [0.25, 0.3) is 0 Å². The van der Waals surface area contributed by atoms with Crippen molar-refractivity contribution in [2.75, 3.05) is 16.8 Å². The van der Waals surface area contributed by atoms with Crippen molar-refractivity contribution in [3.05, 3.63) is 72.6 Å². The maximum absolute atomic E-state index is 13.1.